The number of rotatable bonds is 0. The van der Waals surface area contributed by atoms with E-state index in [2.05, 4.69) is 206 Å². The first-order valence-corrected chi connectivity index (χ1v) is 26.8. The molecule has 0 atom stereocenters. The average molecular weight is 944 g/mol. The Labute approximate surface area is 425 Å². The molecule has 1 aliphatic rings. The lowest BCUT2D eigenvalue weighted by Gasteiger charge is -2.20. The molecule has 0 bridgehead atoms. The molecule has 2 heteroatoms. The van der Waals surface area contributed by atoms with Crippen LogP contribution in [-0.4, -0.2) is 0 Å². The molecule has 9 rings (SSSR count). The van der Waals surface area contributed by atoms with E-state index in [1.54, 1.807) is 0 Å². The summed E-state index contributed by atoms with van der Waals surface area (Å²) < 4.78 is 8.41. The summed E-state index contributed by atoms with van der Waals surface area (Å²) in [6, 6.07) is 50.8. The summed E-state index contributed by atoms with van der Waals surface area (Å²) in [6.45, 7) is 54.9. The summed E-state index contributed by atoms with van der Waals surface area (Å²) in [5.41, 5.74) is 9.29. The Morgan fingerprint density at radius 3 is 0.824 bits per heavy atom. The maximum absolute atomic E-state index is 5.65. The first-order chi connectivity index (χ1) is 32.1. The maximum Gasteiger partial charge on any atom is 0.135 e. The molecule has 0 spiro atoms. The van der Waals surface area contributed by atoms with Crippen molar-refractivity contribution in [3.8, 4) is 11.1 Å². The van der Waals surface area contributed by atoms with Gasteiger partial charge in [0.1, 0.15) is 11.2 Å². The third kappa shape index (κ3) is 25.6. The van der Waals surface area contributed by atoms with Crippen molar-refractivity contribution in [1.29, 1.82) is 0 Å². The van der Waals surface area contributed by atoms with Crippen LogP contribution in [0.5, 0.6) is 0 Å². The molecule has 0 N–H and O–H groups in total. The molecule has 6 aromatic carbocycles. The number of fused-ring (bicyclic) bond motifs is 9. The van der Waals surface area contributed by atoms with Crippen LogP contribution in [0.2, 0.25) is 0 Å². The van der Waals surface area contributed by atoms with E-state index in [0.29, 0.717) is 16.2 Å². The van der Waals surface area contributed by atoms with Crippen LogP contribution in [0.4, 0.5) is 0 Å². The lowest BCUT2D eigenvalue weighted by atomic mass is 9.82. The first-order valence-electron chi connectivity index (χ1n) is 26.0. The molecule has 0 saturated heterocycles. The largest absolute Gasteiger partial charge is 0.456 e. The van der Waals surface area contributed by atoms with Crippen LogP contribution in [0.3, 0.4) is 0 Å². The maximum atomic E-state index is 5.65. The van der Waals surface area contributed by atoms with E-state index in [1.165, 1.54) is 53.2 Å². The number of para-hydroxylation sites is 2. The molecule has 0 radical (unpaired) electrons. The topological polar surface area (TPSA) is 13.1 Å². The quantitative estimate of drug-likeness (QED) is 0.148. The van der Waals surface area contributed by atoms with Gasteiger partial charge < -0.3 is 4.42 Å². The molecule has 8 aromatic rings. The molecule has 0 fully saturated rings. The van der Waals surface area contributed by atoms with Crippen molar-refractivity contribution in [3.05, 3.63) is 157 Å². The number of hydrogen-bond acceptors (Lipinski definition) is 2. The molecule has 1 nitrogen and oxygen atoms in total. The van der Waals surface area contributed by atoms with E-state index >= 15 is 0 Å². The second kappa shape index (κ2) is 35.5. The summed E-state index contributed by atoms with van der Waals surface area (Å²) in [5.74, 6) is 0. The van der Waals surface area contributed by atoms with Gasteiger partial charge in [-0.25, -0.2) is 0 Å². The molecular formula is C66H102OS. The minimum Gasteiger partial charge on any atom is -0.456 e. The van der Waals surface area contributed by atoms with Gasteiger partial charge in [0.15, 0.2) is 0 Å². The minimum atomic E-state index is 0.160. The standard InChI is InChI=1S/C15H14.C12H8O.C12H8S.3C5H12.6C2H6/c1-15(2)13-9-5-3-7-11(13)12-8-4-6-10-14(12)15;2*1-3-7-11-9(5-1)10-6-2-4-8-12(10)13-11;3*1-5(2,3)4;6*1-2/h3-10H,1-2H3;2*1-8H;3*1-4H3;6*1-2H3. The van der Waals surface area contributed by atoms with Gasteiger partial charge in [0.05, 0.1) is 0 Å². The molecule has 2 heterocycles. The number of thiophene rings is 1. The van der Waals surface area contributed by atoms with Gasteiger partial charge in [-0.1, -0.05) is 301 Å². The molecule has 0 saturated carbocycles. The summed E-state index contributed by atoms with van der Waals surface area (Å²) in [4.78, 5) is 0. The molecule has 0 amide bonds. The zero-order valence-corrected chi connectivity index (χ0v) is 49.5. The van der Waals surface area contributed by atoms with Crippen molar-refractivity contribution >= 4 is 53.4 Å². The lowest BCUT2D eigenvalue weighted by Crippen LogP contribution is -2.14. The van der Waals surface area contributed by atoms with Crippen molar-refractivity contribution in [2.75, 3.05) is 0 Å². The van der Waals surface area contributed by atoms with Crippen LogP contribution in [0, 0.1) is 16.2 Å². The second-order valence-corrected chi connectivity index (χ2v) is 21.0. The smallest absolute Gasteiger partial charge is 0.135 e. The van der Waals surface area contributed by atoms with Crippen molar-refractivity contribution in [1.82, 2.24) is 0 Å². The highest BCUT2D eigenvalue weighted by molar-refractivity contribution is 7.25. The van der Waals surface area contributed by atoms with Gasteiger partial charge in [-0.3, -0.25) is 0 Å². The van der Waals surface area contributed by atoms with E-state index < -0.39 is 0 Å². The summed E-state index contributed by atoms with van der Waals surface area (Å²) >= 11 is 1.86. The van der Waals surface area contributed by atoms with Gasteiger partial charge in [-0.15, -0.1) is 11.3 Å². The molecule has 0 unspecified atom stereocenters. The Balaban J connectivity index is -0.000000746. The third-order valence-electron chi connectivity index (χ3n) is 8.06. The SMILES string of the molecule is CC.CC.CC.CC.CC.CC.CC(C)(C)C.CC(C)(C)C.CC(C)(C)C.CC1(C)c2ccccc2-c2ccccc21.c1ccc2c(c1)oc1ccccc12.c1ccc2c(c1)sc1ccccc12. The van der Waals surface area contributed by atoms with E-state index in [9.17, 15) is 0 Å². The average Bonchev–Trinajstić information content (AvgIpc) is 3.97. The fourth-order valence-electron chi connectivity index (χ4n) is 6.02. The molecule has 1 aliphatic carbocycles. The van der Waals surface area contributed by atoms with Gasteiger partial charge in [0.2, 0.25) is 0 Å². The highest BCUT2D eigenvalue weighted by Gasteiger charge is 2.34. The predicted molar refractivity (Wildman–Crippen MR) is 321 cm³/mol. The number of furan rings is 1. The van der Waals surface area contributed by atoms with Gasteiger partial charge in [0, 0.05) is 36.4 Å². The van der Waals surface area contributed by atoms with Gasteiger partial charge in [0.25, 0.3) is 0 Å². The van der Waals surface area contributed by atoms with Gasteiger partial charge in [-0.05, 0) is 62.8 Å². The van der Waals surface area contributed by atoms with Crippen molar-refractivity contribution in [3.63, 3.8) is 0 Å². The zero-order valence-electron chi connectivity index (χ0n) is 48.7. The fraction of sp³-hybridized carbons (Fsp3) is 0.455. The Kier molecular flexibility index (Phi) is 35.2. The highest BCUT2D eigenvalue weighted by atomic mass is 32.1. The number of benzene rings is 6. The van der Waals surface area contributed by atoms with Crippen LogP contribution in [0.1, 0.15) is 191 Å². The Morgan fingerprint density at radius 2 is 0.529 bits per heavy atom. The van der Waals surface area contributed by atoms with E-state index in [4.69, 9.17) is 4.42 Å². The van der Waals surface area contributed by atoms with Crippen molar-refractivity contribution in [2.24, 2.45) is 16.2 Å². The van der Waals surface area contributed by atoms with Crippen LogP contribution in [-0.2, 0) is 5.41 Å². The second-order valence-electron chi connectivity index (χ2n) is 19.9. The van der Waals surface area contributed by atoms with Gasteiger partial charge >= 0.3 is 0 Å². The zero-order chi connectivity index (χ0) is 53.3. The Morgan fingerprint density at radius 1 is 0.309 bits per heavy atom. The van der Waals surface area contributed by atoms with E-state index in [1.807, 2.05) is 131 Å². The molecule has 68 heavy (non-hydrogen) atoms. The Bertz CT molecular complexity index is 2130. The van der Waals surface area contributed by atoms with Crippen LogP contribution in [0.15, 0.2) is 150 Å². The van der Waals surface area contributed by atoms with Crippen molar-refractivity contribution in [2.45, 2.75) is 185 Å². The summed E-state index contributed by atoms with van der Waals surface area (Å²) in [6.07, 6.45) is 0. The van der Waals surface area contributed by atoms with E-state index in [-0.39, 0.29) is 5.41 Å². The highest BCUT2D eigenvalue weighted by Crippen LogP contribution is 2.48. The molecular weight excluding hydrogens is 841 g/mol. The summed E-state index contributed by atoms with van der Waals surface area (Å²) in [7, 11) is 0. The third-order valence-corrected chi connectivity index (χ3v) is 9.21. The Hall–Kier alpha value is -4.66. The minimum absolute atomic E-state index is 0.160. The normalized spacial score (nSPS) is 10.9. The van der Waals surface area contributed by atoms with Crippen molar-refractivity contribution < 1.29 is 4.42 Å². The molecule has 0 aliphatic heterocycles. The number of hydrogen-bond donors (Lipinski definition) is 0. The first kappa shape index (κ1) is 67.6. The van der Waals surface area contributed by atoms with Crippen LogP contribution < -0.4 is 0 Å². The monoisotopic (exact) mass is 943 g/mol. The molecule has 378 valence electrons. The molecule has 2 aromatic heterocycles. The fourth-order valence-corrected chi connectivity index (χ4v) is 7.13. The van der Waals surface area contributed by atoms with Gasteiger partial charge in [-0.2, -0.15) is 0 Å². The summed E-state index contributed by atoms with van der Waals surface area (Å²) in [5, 5.41) is 5.14. The van der Waals surface area contributed by atoms with Crippen LogP contribution in [0.25, 0.3) is 53.2 Å². The van der Waals surface area contributed by atoms with Crippen LogP contribution >= 0.6 is 11.3 Å². The predicted octanol–water partition coefficient (Wildman–Crippen LogP) is 23.9. The lowest BCUT2D eigenvalue weighted by molar-refractivity contribution is 0.469. The van der Waals surface area contributed by atoms with E-state index in [0.717, 1.165) is 11.2 Å².